The minimum Gasteiger partial charge on any atom is -0.298 e. The summed E-state index contributed by atoms with van der Waals surface area (Å²) in [5, 5.41) is 0. The van der Waals surface area contributed by atoms with E-state index in [1.165, 1.54) is 25.7 Å². The van der Waals surface area contributed by atoms with Gasteiger partial charge in [-0.05, 0) is 44.7 Å². The molecule has 1 atom stereocenters. The van der Waals surface area contributed by atoms with Crippen molar-refractivity contribution in [2.75, 3.05) is 19.6 Å². The van der Waals surface area contributed by atoms with Crippen LogP contribution in [0.2, 0.25) is 0 Å². The zero-order valence-corrected chi connectivity index (χ0v) is 10.3. The molecule has 1 rings (SSSR count). The van der Waals surface area contributed by atoms with E-state index in [4.69, 9.17) is 0 Å². The van der Waals surface area contributed by atoms with Crippen molar-refractivity contribution >= 4 is 5.78 Å². The number of Topliss-reactive ketones (excluding diaryl/α,β-unsaturated/α-hetero) is 1. The van der Waals surface area contributed by atoms with Gasteiger partial charge in [0.2, 0.25) is 0 Å². The molecule has 15 heavy (non-hydrogen) atoms. The Balaban J connectivity index is 2.27. The van der Waals surface area contributed by atoms with Gasteiger partial charge in [-0.2, -0.15) is 0 Å². The van der Waals surface area contributed by atoms with E-state index in [1.54, 1.807) is 0 Å². The van der Waals surface area contributed by atoms with Crippen molar-refractivity contribution < 1.29 is 4.79 Å². The van der Waals surface area contributed by atoms with Crippen LogP contribution in [0.3, 0.4) is 0 Å². The maximum atomic E-state index is 11.5. The van der Waals surface area contributed by atoms with Crippen LogP contribution < -0.4 is 0 Å². The van der Waals surface area contributed by atoms with Gasteiger partial charge in [0, 0.05) is 6.42 Å². The molecule has 1 aliphatic rings. The summed E-state index contributed by atoms with van der Waals surface area (Å²) in [6, 6.07) is 0. The molecule has 1 unspecified atom stereocenters. The summed E-state index contributed by atoms with van der Waals surface area (Å²) in [4.78, 5) is 13.9. The number of rotatable bonds is 5. The standard InChI is InChI=1S/C13H25NO/c1-3-6-13(15)11-14-9-5-7-12(4-2)8-10-14/h12H,3-11H2,1-2H3. The molecule has 0 radical (unpaired) electrons. The molecule has 0 amide bonds. The molecule has 2 nitrogen and oxygen atoms in total. The van der Waals surface area contributed by atoms with E-state index in [-0.39, 0.29) is 0 Å². The molecule has 88 valence electrons. The van der Waals surface area contributed by atoms with Crippen molar-refractivity contribution in [3.05, 3.63) is 0 Å². The molecule has 0 aromatic rings. The zero-order valence-electron chi connectivity index (χ0n) is 10.3. The van der Waals surface area contributed by atoms with Gasteiger partial charge in [-0.15, -0.1) is 0 Å². The Morgan fingerprint density at radius 3 is 2.73 bits per heavy atom. The minimum absolute atomic E-state index is 0.424. The molecular formula is C13H25NO. The van der Waals surface area contributed by atoms with Crippen molar-refractivity contribution in [2.24, 2.45) is 5.92 Å². The highest BCUT2D eigenvalue weighted by Crippen LogP contribution is 2.20. The molecule has 0 bridgehead atoms. The van der Waals surface area contributed by atoms with E-state index in [1.807, 2.05) is 0 Å². The lowest BCUT2D eigenvalue weighted by Gasteiger charge is -2.18. The highest BCUT2D eigenvalue weighted by molar-refractivity contribution is 5.80. The lowest BCUT2D eigenvalue weighted by atomic mass is 9.98. The van der Waals surface area contributed by atoms with Gasteiger partial charge < -0.3 is 0 Å². The second-order valence-corrected chi connectivity index (χ2v) is 4.77. The van der Waals surface area contributed by atoms with Crippen LogP contribution in [0.1, 0.15) is 52.4 Å². The molecular weight excluding hydrogens is 186 g/mol. The lowest BCUT2D eigenvalue weighted by molar-refractivity contribution is -0.120. The maximum absolute atomic E-state index is 11.5. The first-order valence-corrected chi connectivity index (χ1v) is 6.50. The van der Waals surface area contributed by atoms with E-state index in [9.17, 15) is 4.79 Å². The Bertz CT molecular complexity index is 191. The van der Waals surface area contributed by atoms with Crippen LogP contribution in [0.15, 0.2) is 0 Å². The van der Waals surface area contributed by atoms with Crippen molar-refractivity contribution in [3.63, 3.8) is 0 Å². The van der Waals surface area contributed by atoms with Gasteiger partial charge in [-0.3, -0.25) is 9.69 Å². The van der Waals surface area contributed by atoms with Gasteiger partial charge in [-0.1, -0.05) is 20.3 Å². The van der Waals surface area contributed by atoms with Crippen molar-refractivity contribution in [3.8, 4) is 0 Å². The highest BCUT2D eigenvalue weighted by Gasteiger charge is 2.16. The largest absolute Gasteiger partial charge is 0.298 e. The molecule has 1 aliphatic heterocycles. The van der Waals surface area contributed by atoms with Crippen LogP contribution in [0.4, 0.5) is 0 Å². The number of nitrogens with zero attached hydrogens (tertiary/aromatic N) is 1. The van der Waals surface area contributed by atoms with Crippen molar-refractivity contribution in [2.45, 2.75) is 52.4 Å². The predicted molar refractivity (Wildman–Crippen MR) is 64.0 cm³/mol. The minimum atomic E-state index is 0.424. The lowest BCUT2D eigenvalue weighted by Crippen LogP contribution is -2.30. The molecule has 1 fully saturated rings. The van der Waals surface area contributed by atoms with Gasteiger partial charge in [-0.25, -0.2) is 0 Å². The number of likely N-dealkylation sites (tertiary alicyclic amines) is 1. The highest BCUT2D eigenvalue weighted by atomic mass is 16.1. The Labute approximate surface area is 94.0 Å². The summed E-state index contributed by atoms with van der Waals surface area (Å²) >= 11 is 0. The smallest absolute Gasteiger partial charge is 0.146 e. The van der Waals surface area contributed by atoms with Gasteiger partial charge in [0.1, 0.15) is 5.78 Å². The predicted octanol–water partition coefficient (Wildman–Crippen LogP) is 2.87. The van der Waals surface area contributed by atoms with Crippen molar-refractivity contribution in [1.29, 1.82) is 0 Å². The average molecular weight is 211 g/mol. The Hall–Kier alpha value is -0.370. The summed E-state index contributed by atoms with van der Waals surface area (Å²) < 4.78 is 0. The number of carbonyl (C=O) groups is 1. The summed E-state index contributed by atoms with van der Waals surface area (Å²) in [5.74, 6) is 1.32. The second kappa shape index (κ2) is 7.00. The fourth-order valence-electron chi connectivity index (χ4n) is 2.40. The quantitative estimate of drug-likeness (QED) is 0.697. The zero-order chi connectivity index (χ0) is 11.1. The first-order valence-electron chi connectivity index (χ1n) is 6.50. The normalized spacial score (nSPS) is 23.7. The molecule has 0 spiro atoms. The first kappa shape index (κ1) is 12.7. The van der Waals surface area contributed by atoms with Gasteiger partial charge >= 0.3 is 0 Å². The summed E-state index contributed by atoms with van der Waals surface area (Å²) in [5.41, 5.74) is 0. The maximum Gasteiger partial charge on any atom is 0.146 e. The number of ketones is 1. The van der Waals surface area contributed by atoms with E-state index < -0.39 is 0 Å². The third-order valence-corrected chi connectivity index (χ3v) is 3.45. The second-order valence-electron chi connectivity index (χ2n) is 4.77. The van der Waals surface area contributed by atoms with Crippen LogP contribution in [-0.2, 0) is 4.79 Å². The monoisotopic (exact) mass is 211 g/mol. The van der Waals surface area contributed by atoms with Gasteiger partial charge in [0.05, 0.1) is 6.54 Å². The molecule has 0 aliphatic carbocycles. The summed E-state index contributed by atoms with van der Waals surface area (Å²) in [7, 11) is 0. The Morgan fingerprint density at radius 2 is 2.07 bits per heavy atom. The average Bonchev–Trinajstić information content (AvgIpc) is 2.43. The topological polar surface area (TPSA) is 20.3 Å². The Kier molecular flexibility index (Phi) is 5.92. The van der Waals surface area contributed by atoms with Gasteiger partial charge in [0.15, 0.2) is 0 Å². The van der Waals surface area contributed by atoms with E-state index in [2.05, 4.69) is 18.7 Å². The fraction of sp³-hybridized carbons (Fsp3) is 0.923. The fourth-order valence-corrected chi connectivity index (χ4v) is 2.40. The van der Waals surface area contributed by atoms with E-state index >= 15 is 0 Å². The SMILES string of the molecule is CCCC(=O)CN1CCCC(CC)CC1. The number of carbonyl (C=O) groups excluding carboxylic acids is 1. The summed E-state index contributed by atoms with van der Waals surface area (Å²) in [6.07, 6.45) is 6.97. The first-order chi connectivity index (χ1) is 7.26. The number of hydrogen-bond donors (Lipinski definition) is 0. The summed E-state index contributed by atoms with van der Waals surface area (Å²) in [6.45, 7) is 7.32. The molecule has 0 N–H and O–H groups in total. The van der Waals surface area contributed by atoms with Crippen LogP contribution >= 0.6 is 0 Å². The van der Waals surface area contributed by atoms with Crippen molar-refractivity contribution in [1.82, 2.24) is 4.90 Å². The third kappa shape index (κ3) is 4.78. The van der Waals surface area contributed by atoms with Crippen LogP contribution in [-0.4, -0.2) is 30.3 Å². The van der Waals surface area contributed by atoms with Crippen LogP contribution in [0, 0.1) is 5.92 Å². The van der Waals surface area contributed by atoms with Gasteiger partial charge in [0.25, 0.3) is 0 Å². The molecule has 1 heterocycles. The Morgan fingerprint density at radius 1 is 1.27 bits per heavy atom. The molecule has 0 aromatic heterocycles. The van der Waals surface area contributed by atoms with E-state index in [0.29, 0.717) is 12.3 Å². The number of hydrogen-bond acceptors (Lipinski definition) is 2. The van der Waals surface area contributed by atoms with Crippen LogP contribution in [0.25, 0.3) is 0 Å². The third-order valence-electron chi connectivity index (χ3n) is 3.45. The van der Waals surface area contributed by atoms with E-state index in [0.717, 1.165) is 31.8 Å². The molecule has 2 heteroatoms. The molecule has 1 saturated heterocycles. The molecule has 0 aromatic carbocycles. The molecule has 0 saturated carbocycles. The van der Waals surface area contributed by atoms with Crippen LogP contribution in [0.5, 0.6) is 0 Å².